The Morgan fingerprint density at radius 1 is 0.230 bits per heavy atom. The summed E-state index contributed by atoms with van der Waals surface area (Å²) >= 11 is 0. The van der Waals surface area contributed by atoms with Gasteiger partial charge in [0, 0.05) is 54.9 Å². The predicted molar refractivity (Wildman–Crippen MR) is 359 cm³/mol. The van der Waals surface area contributed by atoms with Crippen molar-refractivity contribution in [1.29, 1.82) is 73.7 Å². The van der Waals surface area contributed by atoms with Gasteiger partial charge < -0.3 is 9.13 Å². The average Bonchev–Trinajstić information content (AvgIpc) is 1.55. The summed E-state index contributed by atoms with van der Waals surface area (Å²) in [5.74, 6) is 0. The first kappa shape index (κ1) is 62.5. The number of fused-ring (bicyclic) bond motifs is 6. The Morgan fingerprint density at radius 2 is 0.480 bits per heavy atom. The molecule has 11 aromatic carbocycles. The van der Waals surface area contributed by atoms with E-state index in [9.17, 15) is 73.7 Å². The molecule has 0 N–H and O–H groups in total. The zero-order valence-corrected chi connectivity index (χ0v) is 51.0. The number of halogens is 3. The molecule has 13 aromatic rings. The minimum absolute atomic E-state index is 0.0105. The molecule has 0 amide bonds. The third-order valence-electron chi connectivity index (χ3n) is 17.4. The fraction of sp³-hybridized carbons (Fsp3) is 0.0123. The summed E-state index contributed by atoms with van der Waals surface area (Å²) in [5, 5.41) is 147. The molecular weight excluding hydrogens is 1250 g/mol. The molecule has 0 saturated heterocycles. The molecule has 0 aliphatic heterocycles. The number of aromatic nitrogens is 2. The molecule has 100 heavy (non-hydrogen) atoms. The molecule has 0 atom stereocenters. The van der Waals surface area contributed by atoms with Crippen molar-refractivity contribution in [3.63, 3.8) is 0 Å². The van der Waals surface area contributed by atoms with Crippen LogP contribution < -0.4 is 0 Å². The van der Waals surface area contributed by atoms with Gasteiger partial charge in [0.25, 0.3) is 0 Å². The molecule has 0 saturated carbocycles. The molecule has 19 heteroatoms. The van der Waals surface area contributed by atoms with Crippen LogP contribution in [0.4, 0.5) is 13.2 Å². The molecule has 0 fully saturated rings. The molecule has 2 heterocycles. The predicted octanol–water partition coefficient (Wildman–Crippen LogP) is 17.1. The van der Waals surface area contributed by atoms with E-state index in [1.807, 2.05) is 28.8 Å². The van der Waals surface area contributed by atoms with E-state index in [-0.39, 0.29) is 117 Å². The van der Waals surface area contributed by atoms with Crippen LogP contribution in [0.5, 0.6) is 0 Å². The molecule has 13 rings (SSSR count). The quantitative estimate of drug-likeness (QED) is 0.136. The van der Waals surface area contributed by atoms with Crippen LogP contribution in [0.1, 0.15) is 83.5 Å². The van der Waals surface area contributed by atoms with E-state index in [0.29, 0.717) is 82.7 Å². The third-order valence-corrected chi connectivity index (χ3v) is 17.4. The summed E-state index contributed by atoms with van der Waals surface area (Å²) in [6.45, 7) is 0. The van der Waals surface area contributed by atoms with Crippen molar-refractivity contribution in [2.45, 2.75) is 6.18 Å². The van der Waals surface area contributed by atoms with Crippen LogP contribution in [0.15, 0.2) is 176 Å². The second kappa shape index (κ2) is 24.6. The monoisotopic (exact) mass is 1280 g/mol. The lowest BCUT2D eigenvalue weighted by Crippen LogP contribution is -2.08. The Balaban J connectivity index is 1.18. The number of rotatable bonds is 8. The molecule has 0 spiro atoms. The number of alkyl halides is 3. The molecule has 2 aromatic heterocycles. The Hall–Kier alpha value is -16.3. The van der Waals surface area contributed by atoms with Gasteiger partial charge >= 0.3 is 6.18 Å². The number of hydrogen-bond acceptors (Lipinski definition) is 14. The lowest BCUT2D eigenvalue weighted by Gasteiger charge is -2.21. The van der Waals surface area contributed by atoms with Crippen molar-refractivity contribution in [2.24, 2.45) is 0 Å². The Labute approximate surface area is 565 Å². The first-order chi connectivity index (χ1) is 48.5. The summed E-state index contributed by atoms with van der Waals surface area (Å²) in [6, 6.07) is 72.7. The Kier molecular flexibility index (Phi) is 15.4. The third kappa shape index (κ3) is 10.2. The number of nitriles is 14. The highest BCUT2D eigenvalue weighted by Crippen LogP contribution is 2.48. The maximum atomic E-state index is 15.5. The summed E-state index contributed by atoms with van der Waals surface area (Å²) in [4.78, 5) is 0. The largest absolute Gasteiger partial charge is 0.417 e. The fourth-order valence-electron chi connectivity index (χ4n) is 13.2. The summed E-state index contributed by atoms with van der Waals surface area (Å²) in [5.41, 5.74) is 3.58. The zero-order chi connectivity index (χ0) is 70.4. The minimum Gasteiger partial charge on any atom is -0.309 e. The van der Waals surface area contributed by atoms with Crippen LogP contribution in [0.25, 0.3) is 122 Å². The van der Waals surface area contributed by atoms with Gasteiger partial charge in [-0.05, 0) is 161 Å². The highest BCUT2D eigenvalue weighted by atomic mass is 19.4. The van der Waals surface area contributed by atoms with Gasteiger partial charge in [-0.2, -0.15) is 86.8 Å². The van der Waals surface area contributed by atoms with Crippen molar-refractivity contribution in [3.8, 4) is 163 Å². The van der Waals surface area contributed by atoms with Crippen LogP contribution in [0.2, 0.25) is 0 Å². The van der Waals surface area contributed by atoms with Crippen LogP contribution >= 0.6 is 0 Å². The SMILES string of the molecule is N#Cc1cc(C#N)c(-c2ccc3c(c2)c2cc(-c4c(C#N)cc(C#N)cc4C#N)ccc2n3-c2cc(C#N)ccc2-c2ccc(-c3ccc(C#N)cc3C(F)(F)F)cc2-n2c3ccc(-c4c(C#N)cc(C#N)cc4C#N)cc3c3cc(-c4c(C#N)cc(C#N)cc4C#N)ccc32)c(C#N)c1. The molecule has 0 radical (unpaired) electrons. The highest BCUT2D eigenvalue weighted by Gasteiger charge is 2.35. The molecule has 0 unspecified atom stereocenters. The smallest absolute Gasteiger partial charge is 0.309 e. The van der Waals surface area contributed by atoms with Gasteiger partial charge in [-0.1, -0.05) is 48.5 Å². The van der Waals surface area contributed by atoms with Gasteiger partial charge in [-0.25, -0.2) is 0 Å². The van der Waals surface area contributed by atoms with Crippen LogP contribution in [0, 0.1) is 159 Å². The van der Waals surface area contributed by atoms with Crippen LogP contribution in [-0.2, 0) is 6.18 Å². The lowest BCUT2D eigenvalue weighted by atomic mass is 9.91. The van der Waals surface area contributed by atoms with Gasteiger partial charge in [0.2, 0.25) is 0 Å². The van der Waals surface area contributed by atoms with E-state index >= 15 is 13.2 Å². The van der Waals surface area contributed by atoms with Crippen molar-refractivity contribution < 1.29 is 13.2 Å². The van der Waals surface area contributed by atoms with Crippen molar-refractivity contribution in [2.75, 3.05) is 0 Å². The van der Waals surface area contributed by atoms with E-state index in [1.165, 1.54) is 72.8 Å². The van der Waals surface area contributed by atoms with Crippen molar-refractivity contribution in [3.05, 3.63) is 259 Å². The van der Waals surface area contributed by atoms with Gasteiger partial charge in [-0.15, -0.1) is 0 Å². The summed E-state index contributed by atoms with van der Waals surface area (Å²) in [6.07, 6.45) is -5.00. The summed E-state index contributed by atoms with van der Waals surface area (Å²) in [7, 11) is 0. The van der Waals surface area contributed by atoms with E-state index in [4.69, 9.17) is 0 Å². The number of hydrogen-bond donors (Lipinski definition) is 0. The second-order valence-electron chi connectivity index (χ2n) is 22.7. The Morgan fingerprint density at radius 3 is 0.750 bits per heavy atom. The van der Waals surface area contributed by atoms with E-state index in [2.05, 4.69) is 54.6 Å². The first-order valence-electron chi connectivity index (χ1n) is 29.6. The first-order valence-corrected chi connectivity index (χ1v) is 29.6. The van der Waals surface area contributed by atoms with Crippen LogP contribution in [0.3, 0.4) is 0 Å². The molecular formula is C81H29F3N16. The lowest BCUT2D eigenvalue weighted by molar-refractivity contribution is -0.137. The maximum absolute atomic E-state index is 15.5. The standard InChI is InChI=1S/C81H29F3N16/c82-81(83,84)70-23-44(30-85)1-8-63(70)50-3-10-65(76(29-50)100-73-13-6-53(79-59(40-95)19-48(34-89)20-60(79)41-96)27-68(73)69-28-54(7-14-74(69)100)80-61(42-97)21-49(35-90)22-62(80)43-98)64-9-2-45(31-86)24-75(64)99-71-11-4-51(77-55(36-91)15-46(32-87)16-56(77)37-92)25-66(71)67-26-52(5-12-72(67)99)78-57(38-93)17-47(33-88)18-58(78)39-94/h1-29H. The fourth-order valence-corrected chi connectivity index (χ4v) is 13.2. The van der Waals surface area contributed by atoms with Gasteiger partial charge in [0.1, 0.15) is 0 Å². The van der Waals surface area contributed by atoms with Crippen molar-refractivity contribution in [1.82, 2.24) is 9.13 Å². The zero-order valence-electron chi connectivity index (χ0n) is 51.0. The normalized spacial score (nSPS) is 10.6. The summed E-state index contributed by atoms with van der Waals surface area (Å²) < 4.78 is 50.1. The topological polar surface area (TPSA) is 343 Å². The average molecular weight is 1280 g/mol. The highest BCUT2D eigenvalue weighted by molar-refractivity contribution is 6.15. The molecule has 0 aliphatic rings. The Bertz CT molecular complexity index is 6150. The van der Waals surface area contributed by atoms with Gasteiger partial charge in [0.05, 0.1) is 202 Å². The van der Waals surface area contributed by atoms with Gasteiger partial charge in [-0.3, -0.25) is 0 Å². The second-order valence-corrected chi connectivity index (χ2v) is 22.7. The van der Waals surface area contributed by atoms with Crippen LogP contribution in [-0.4, -0.2) is 9.13 Å². The molecule has 0 bridgehead atoms. The molecule has 454 valence electrons. The molecule has 0 aliphatic carbocycles. The number of benzene rings is 11. The van der Waals surface area contributed by atoms with E-state index < -0.39 is 11.7 Å². The van der Waals surface area contributed by atoms with Crippen molar-refractivity contribution >= 4 is 43.6 Å². The van der Waals surface area contributed by atoms with E-state index in [0.717, 1.165) is 6.07 Å². The molecule has 16 nitrogen and oxygen atoms in total. The van der Waals surface area contributed by atoms with Gasteiger partial charge in [0.15, 0.2) is 0 Å². The maximum Gasteiger partial charge on any atom is 0.417 e. The minimum atomic E-state index is -5.00. The van der Waals surface area contributed by atoms with E-state index in [1.54, 1.807) is 108 Å². The number of nitrogens with zero attached hydrogens (tertiary/aromatic N) is 16.